The molecule has 2 aromatic rings. The van der Waals surface area contributed by atoms with Gasteiger partial charge in [0.15, 0.2) is 0 Å². The van der Waals surface area contributed by atoms with E-state index in [0.717, 1.165) is 11.6 Å². The second kappa shape index (κ2) is 5.32. The summed E-state index contributed by atoms with van der Waals surface area (Å²) >= 11 is 6.03. The normalized spacial score (nSPS) is 27.5. The van der Waals surface area contributed by atoms with Crippen LogP contribution in [0, 0.1) is 5.92 Å². The summed E-state index contributed by atoms with van der Waals surface area (Å²) in [5.74, 6) is 1.21. The average molecular weight is 296 g/mol. The van der Waals surface area contributed by atoms with Gasteiger partial charge in [-0.05, 0) is 28.8 Å². The van der Waals surface area contributed by atoms with E-state index < -0.39 is 0 Å². The molecule has 106 valence electrons. The van der Waals surface area contributed by atoms with Gasteiger partial charge in [0.1, 0.15) is 0 Å². The molecular weight excluding hydrogens is 278 g/mol. The molecule has 0 amide bonds. The van der Waals surface area contributed by atoms with Crippen LogP contribution in [0.1, 0.15) is 17.0 Å². The highest BCUT2D eigenvalue weighted by atomic mass is 35.5. The van der Waals surface area contributed by atoms with Crippen molar-refractivity contribution >= 4 is 17.2 Å². The van der Waals surface area contributed by atoms with Gasteiger partial charge in [-0.1, -0.05) is 60.1 Å². The monoisotopic (exact) mass is 295 g/mol. The van der Waals surface area contributed by atoms with Crippen LogP contribution in [0.15, 0.2) is 60.7 Å². The molecule has 2 aliphatic heterocycles. The van der Waals surface area contributed by atoms with Crippen molar-refractivity contribution in [1.82, 2.24) is 4.90 Å². The predicted octanol–water partition coefficient (Wildman–Crippen LogP) is 4.45. The second-order valence-electron chi connectivity index (χ2n) is 6.01. The number of fused-ring (bicyclic) bond motifs is 2. The minimum absolute atomic E-state index is 0.599. The fourth-order valence-corrected chi connectivity index (χ4v) is 3.87. The van der Waals surface area contributed by atoms with Crippen molar-refractivity contribution in [2.75, 3.05) is 19.6 Å². The Balaban J connectivity index is 1.70. The number of hydrogen-bond donors (Lipinski definition) is 0. The fraction of sp³-hybridized carbons (Fsp3) is 0.263. The number of benzene rings is 2. The van der Waals surface area contributed by atoms with Crippen molar-refractivity contribution in [3.05, 3.63) is 76.8 Å². The fourth-order valence-electron chi connectivity index (χ4n) is 3.74. The van der Waals surface area contributed by atoms with Gasteiger partial charge in [-0.15, -0.1) is 0 Å². The van der Waals surface area contributed by atoms with Gasteiger partial charge in [0.2, 0.25) is 0 Å². The molecule has 2 aromatic carbocycles. The molecule has 0 aliphatic carbocycles. The van der Waals surface area contributed by atoms with Crippen LogP contribution in [-0.4, -0.2) is 24.5 Å². The Bertz CT molecular complexity index is 660. The van der Waals surface area contributed by atoms with Gasteiger partial charge in [-0.3, -0.25) is 4.90 Å². The van der Waals surface area contributed by atoms with Crippen LogP contribution in [0.2, 0.25) is 5.02 Å². The Morgan fingerprint density at radius 1 is 0.857 bits per heavy atom. The lowest BCUT2D eigenvalue weighted by atomic mass is 9.81. The topological polar surface area (TPSA) is 3.24 Å². The van der Waals surface area contributed by atoms with Gasteiger partial charge in [-0.2, -0.15) is 0 Å². The van der Waals surface area contributed by atoms with E-state index in [2.05, 4.69) is 53.4 Å². The Morgan fingerprint density at radius 3 is 2.33 bits per heavy atom. The Hall–Kier alpha value is -1.57. The molecule has 2 aliphatic rings. The first kappa shape index (κ1) is 13.1. The van der Waals surface area contributed by atoms with E-state index in [4.69, 9.17) is 11.6 Å². The van der Waals surface area contributed by atoms with Crippen LogP contribution >= 0.6 is 11.6 Å². The summed E-state index contributed by atoms with van der Waals surface area (Å²) in [6.07, 6.45) is 2.40. The molecular formula is C19H18ClN. The highest BCUT2D eigenvalue weighted by Crippen LogP contribution is 2.43. The Morgan fingerprint density at radius 2 is 1.57 bits per heavy atom. The lowest BCUT2D eigenvalue weighted by Crippen LogP contribution is -2.24. The minimum atomic E-state index is 0.599. The van der Waals surface area contributed by atoms with E-state index in [1.54, 1.807) is 0 Å². The number of halogens is 1. The van der Waals surface area contributed by atoms with E-state index in [1.165, 1.54) is 29.8 Å². The van der Waals surface area contributed by atoms with Crippen LogP contribution in [0.5, 0.6) is 0 Å². The summed E-state index contributed by atoms with van der Waals surface area (Å²) < 4.78 is 0. The van der Waals surface area contributed by atoms with E-state index in [9.17, 15) is 0 Å². The molecule has 21 heavy (non-hydrogen) atoms. The molecule has 0 radical (unpaired) electrons. The van der Waals surface area contributed by atoms with Crippen LogP contribution in [0.3, 0.4) is 0 Å². The molecule has 3 atom stereocenters. The summed E-state index contributed by atoms with van der Waals surface area (Å²) in [6.45, 7) is 3.41. The van der Waals surface area contributed by atoms with E-state index in [1.807, 2.05) is 12.1 Å². The standard InChI is InChI=1S/C19H18ClN/c20-16-8-6-15(7-9-16)17-10-11-21-12-18(19(17)13-21)14-4-2-1-3-5-14/h1-10,18-19H,11-13H2/t18-,19+/m0/s1. The van der Waals surface area contributed by atoms with Gasteiger partial charge in [0, 0.05) is 36.5 Å². The third kappa shape index (κ3) is 2.41. The Kier molecular flexibility index (Phi) is 3.33. The summed E-state index contributed by atoms with van der Waals surface area (Å²) in [6, 6.07) is 19.2. The maximum absolute atomic E-state index is 6.03. The first-order valence-corrected chi connectivity index (χ1v) is 7.92. The molecule has 1 nitrogen and oxygen atoms in total. The summed E-state index contributed by atoms with van der Waals surface area (Å²) in [5.41, 5.74) is 4.29. The number of nitrogens with zero attached hydrogens (tertiary/aromatic N) is 1. The Labute approximate surface area is 130 Å². The third-order valence-electron chi connectivity index (χ3n) is 4.77. The largest absolute Gasteiger partial charge is 0.298 e. The number of rotatable bonds is 2. The quantitative estimate of drug-likeness (QED) is 0.791. The van der Waals surface area contributed by atoms with Crippen LogP contribution in [-0.2, 0) is 0 Å². The molecule has 1 unspecified atom stereocenters. The summed E-state index contributed by atoms with van der Waals surface area (Å²) in [7, 11) is 0. The lowest BCUT2D eigenvalue weighted by molar-refractivity contribution is 0.360. The van der Waals surface area contributed by atoms with Gasteiger partial charge in [0.05, 0.1) is 0 Å². The molecule has 0 spiro atoms. The summed E-state index contributed by atoms with van der Waals surface area (Å²) in [4.78, 5) is 2.56. The molecule has 1 saturated heterocycles. The first-order chi connectivity index (χ1) is 10.3. The second-order valence-corrected chi connectivity index (χ2v) is 6.45. The summed E-state index contributed by atoms with van der Waals surface area (Å²) in [5, 5.41) is 0.808. The zero-order valence-electron chi connectivity index (χ0n) is 11.9. The van der Waals surface area contributed by atoms with E-state index in [-0.39, 0.29) is 0 Å². The SMILES string of the molecule is Clc1ccc(C2=CCN3C[C@H]2[C@H](c2ccccc2)C3)cc1. The van der Waals surface area contributed by atoms with E-state index >= 15 is 0 Å². The van der Waals surface area contributed by atoms with Crippen molar-refractivity contribution in [3.8, 4) is 0 Å². The lowest BCUT2D eigenvalue weighted by Gasteiger charge is -2.25. The highest BCUT2D eigenvalue weighted by Gasteiger charge is 2.38. The van der Waals surface area contributed by atoms with Crippen LogP contribution in [0.4, 0.5) is 0 Å². The van der Waals surface area contributed by atoms with Crippen molar-refractivity contribution in [2.24, 2.45) is 5.92 Å². The highest BCUT2D eigenvalue weighted by molar-refractivity contribution is 6.30. The molecule has 2 bridgehead atoms. The zero-order valence-corrected chi connectivity index (χ0v) is 12.6. The molecule has 0 N–H and O–H groups in total. The zero-order chi connectivity index (χ0) is 14.2. The number of hydrogen-bond acceptors (Lipinski definition) is 1. The van der Waals surface area contributed by atoms with Gasteiger partial charge in [-0.25, -0.2) is 0 Å². The smallest absolute Gasteiger partial charge is 0.0406 e. The predicted molar refractivity (Wildman–Crippen MR) is 88.5 cm³/mol. The average Bonchev–Trinajstić information content (AvgIpc) is 2.87. The van der Waals surface area contributed by atoms with Crippen LogP contribution in [0.25, 0.3) is 5.57 Å². The first-order valence-electron chi connectivity index (χ1n) is 7.54. The van der Waals surface area contributed by atoms with Crippen molar-refractivity contribution in [3.63, 3.8) is 0 Å². The van der Waals surface area contributed by atoms with Gasteiger partial charge < -0.3 is 0 Å². The van der Waals surface area contributed by atoms with Crippen molar-refractivity contribution in [1.29, 1.82) is 0 Å². The minimum Gasteiger partial charge on any atom is -0.298 e. The molecule has 4 rings (SSSR count). The van der Waals surface area contributed by atoms with Crippen LogP contribution < -0.4 is 0 Å². The molecule has 2 heteroatoms. The maximum atomic E-state index is 6.03. The van der Waals surface area contributed by atoms with E-state index in [0.29, 0.717) is 11.8 Å². The molecule has 1 fully saturated rings. The van der Waals surface area contributed by atoms with Gasteiger partial charge in [0.25, 0.3) is 0 Å². The van der Waals surface area contributed by atoms with Crippen molar-refractivity contribution < 1.29 is 0 Å². The third-order valence-corrected chi connectivity index (χ3v) is 5.02. The molecule has 0 aromatic heterocycles. The molecule has 2 heterocycles. The molecule has 0 saturated carbocycles. The van der Waals surface area contributed by atoms with Crippen molar-refractivity contribution in [2.45, 2.75) is 5.92 Å². The van der Waals surface area contributed by atoms with Gasteiger partial charge >= 0.3 is 0 Å². The maximum Gasteiger partial charge on any atom is 0.0406 e.